The number of carbonyl (C=O) groups excluding carboxylic acids is 2. The van der Waals surface area contributed by atoms with Crippen LogP contribution in [0.1, 0.15) is 15.9 Å². The molecule has 1 heterocycles. The number of thiocarbonyl (C=S) groups is 1. The predicted octanol–water partition coefficient (Wildman–Crippen LogP) is 3.61. The lowest BCUT2D eigenvalue weighted by Gasteiger charge is -2.15. The fourth-order valence-electron chi connectivity index (χ4n) is 2.26. The van der Waals surface area contributed by atoms with E-state index in [-0.39, 0.29) is 9.23 Å². The van der Waals surface area contributed by atoms with Gasteiger partial charge in [0.2, 0.25) is 0 Å². The van der Waals surface area contributed by atoms with Crippen LogP contribution in [0.25, 0.3) is 6.08 Å². The van der Waals surface area contributed by atoms with Crippen LogP contribution in [0.2, 0.25) is 0 Å². The second-order valence-corrected chi connectivity index (χ2v) is 8.06. The number of thioether (sulfide) groups is 1. The zero-order valence-electron chi connectivity index (χ0n) is 13.8. The molecule has 1 saturated heterocycles. The Hall–Kier alpha value is -2.76. The van der Waals surface area contributed by atoms with Gasteiger partial charge in [-0.25, -0.2) is 0 Å². The highest BCUT2D eigenvalue weighted by Gasteiger charge is 2.34. The van der Waals surface area contributed by atoms with E-state index in [4.69, 9.17) is 12.2 Å². The third-order valence-corrected chi connectivity index (χ3v) is 5.44. The Balaban J connectivity index is 1.80. The van der Waals surface area contributed by atoms with Crippen LogP contribution >= 0.6 is 39.9 Å². The monoisotopic (exact) mass is 479 g/mol. The van der Waals surface area contributed by atoms with Gasteiger partial charge in [-0.2, -0.15) is 5.01 Å². The molecule has 2 amide bonds. The van der Waals surface area contributed by atoms with Gasteiger partial charge in [0.1, 0.15) is 0 Å². The number of phenolic OH excluding ortho intramolecular Hbond substituents is 1. The van der Waals surface area contributed by atoms with E-state index in [2.05, 4.69) is 21.4 Å². The summed E-state index contributed by atoms with van der Waals surface area (Å²) in [6.45, 7) is 0. The van der Waals surface area contributed by atoms with E-state index in [1.807, 2.05) is 0 Å². The van der Waals surface area contributed by atoms with Crippen molar-refractivity contribution in [3.05, 3.63) is 73.1 Å². The van der Waals surface area contributed by atoms with E-state index in [1.54, 1.807) is 24.3 Å². The lowest BCUT2D eigenvalue weighted by Crippen LogP contribution is -2.44. The number of nitrogens with zero attached hydrogens (tertiary/aromatic N) is 2. The first-order valence-corrected chi connectivity index (χ1v) is 9.60. The molecule has 0 atom stereocenters. The van der Waals surface area contributed by atoms with Crippen LogP contribution in [-0.2, 0) is 4.79 Å². The van der Waals surface area contributed by atoms with Gasteiger partial charge in [0.25, 0.3) is 11.8 Å². The number of aromatic hydroxyl groups is 1. The second kappa shape index (κ2) is 8.09. The lowest BCUT2D eigenvalue weighted by molar-refractivity contribution is -0.385. The Morgan fingerprint density at radius 2 is 1.96 bits per heavy atom. The van der Waals surface area contributed by atoms with E-state index in [9.17, 15) is 24.8 Å². The minimum absolute atomic E-state index is 0.120. The standard InChI is InChI=1S/C17H10BrN3O5S2/c18-11-4-2-10(3-5-11)15(23)19-20-16(24)14(28-17(20)27)8-9-1-6-13(22)12(7-9)21(25)26/h1-8,22H,(H,19,23)/b14-8-. The van der Waals surface area contributed by atoms with Crippen LogP contribution in [0, 0.1) is 10.1 Å². The van der Waals surface area contributed by atoms with Crippen molar-refractivity contribution in [2.45, 2.75) is 0 Å². The van der Waals surface area contributed by atoms with Crippen molar-refractivity contribution >= 4 is 67.8 Å². The number of phenols is 1. The number of benzene rings is 2. The van der Waals surface area contributed by atoms with Crippen LogP contribution in [0.3, 0.4) is 0 Å². The summed E-state index contributed by atoms with van der Waals surface area (Å²) in [5, 5.41) is 21.4. The first-order valence-electron chi connectivity index (χ1n) is 7.58. The van der Waals surface area contributed by atoms with Gasteiger partial charge in [0, 0.05) is 16.1 Å². The third-order valence-electron chi connectivity index (χ3n) is 3.61. The fourth-order valence-corrected chi connectivity index (χ4v) is 3.70. The molecule has 3 rings (SSSR count). The van der Waals surface area contributed by atoms with Gasteiger partial charge in [0.15, 0.2) is 10.1 Å². The summed E-state index contributed by atoms with van der Waals surface area (Å²) >= 11 is 9.37. The van der Waals surface area contributed by atoms with E-state index in [0.29, 0.717) is 11.1 Å². The number of hydrogen-bond donors (Lipinski definition) is 2. The number of nitro groups is 1. The number of nitro benzene ring substituents is 1. The number of nitrogens with one attached hydrogen (secondary N) is 1. The molecule has 2 N–H and O–H groups in total. The lowest BCUT2D eigenvalue weighted by atomic mass is 10.1. The van der Waals surface area contributed by atoms with Crippen molar-refractivity contribution in [2.24, 2.45) is 0 Å². The Labute approximate surface area is 176 Å². The topological polar surface area (TPSA) is 113 Å². The number of hydrogen-bond acceptors (Lipinski definition) is 7. The summed E-state index contributed by atoms with van der Waals surface area (Å²) in [6.07, 6.45) is 1.40. The molecule has 0 bridgehead atoms. The zero-order chi connectivity index (χ0) is 20.4. The van der Waals surface area contributed by atoms with Crippen LogP contribution < -0.4 is 5.43 Å². The average Bonchev–Trinajstić information content (AvgIpc) is 2.91. The van der Waals surface area contributed by atoms with Gasteiger partial charge in [-0.3, -0.25) is 25.1 Å². The van der Waals surface area contributed by atoms with Crippen molar-refractivity contribution in [3.8, 4) is 5.75 Å². The Morgan fingerprint density at radius 3 is 2.61 bits per heavy atom. The fraction of sp³-hybridized carbons (Fsp3) is 0. The molecule has 142 valence electrons. The molecule has 11 heteroatoms. The highest BCUT2D eigenvalue weighted by molar-refractivity contribution is 9.10. The minimum atomic E-state index is -0.726. The zero-order valence-corrected chi connectivity index (χ0v) is 17.0. The molecule has 0 aromatic heterocycles. The smallest absolute Gasteiger partial charge is 0.311 e. The quantitative estimate of drug-likeness (QED) is 0.298. The molecule has 2 aromatic rings. The number of hydrazine groups is 1. The number of amides is 2. The maximum atomic E-state index is 12.6. The van der Waals surface area contributed by atoms with Gasteiger partial charge in [-0.05, 0) is 54.2 Å². The minimum Gasteiger partial charge on any atom is -0.502 e. The summed E-state index contributed by atoms with van der Waals surface area (Å²) in [6, 6.07) is 10.3. The highest BCUT2D eigenvalue weighted by atomic mass is 79.9. The average molecular weight is 480 g/mol. The van der Waals surface area contributed by atoms with Gasteiger partial charge in [0.05, 0.1) is 9.83 Å². The molecule has 0 unspecified atom stereocenters. The van der Waals surface area contributed by atoms with Crippen molar-refractivity contribution in [3.63, 3.8) is 0 Å². The van der Waals surface area contributed by atoms with Gasteiger partial charge in [-0.1, -0.05) is 33.8 Å². The maximum Gasteiger partial charge on any atom is 0.311 e. The molecule has 0 radical (unpaired) electrons. The van der Waals surface area contributed by atoms with Crippen molar-refractivity contribution < 1.29 is 19.6 Å². The van der Waals surface area contributed by atoms with Crippen LogP contribution in [-0.4, -0.2) is 31.2 Å². The van der Waals surface area contributed by atoms with Crippen molar-refractivity contribution in [1.82, 2.24) is 10.4 Å². The number of rotatable bonds is 4. The van der Waals surface area contributed by atoms with E-state index >= 15 is 0 Å². The molecule has 1 fully saturated rings. The molecule has 0 aliphatic carbocycles. The van der Waals surface area contributed by atoms with Crippen molar-refractivity contribution in [2.75, 3.05) is 0 Å². The molecule has 1 aliphatic heterocycles. The summed E-state index contributed by atoms with van der Waals surface area (Å²) in [4.78, 5) is 35.3. The second-order valence-electron chi connectivity index (χ2n) is 5.47. The van der Waals surface area contributed by atoms with E-state index in [0.717, 1.165) is 27.3 Å². The normalized spacial score (nSPS) is 15.2. The van der Waals surface area contributed by atoms with Gasteiger partial charge in [-0.15, -0.1) is 0 Å². The van der Waals surface area contributed by atoms with Gasteiger partial charge >= 0.3 is 5.69 Å². The van der Waals surface area contributed by atoms with Gasteiger partial charge < -0.3 is 5.11 Å². The Bertz CT molecular complexity index is 1040. The first-order chi connectivity index (χ1) is 13.3. The highest BCUT2D eigenvalue weighted by Crippen LogP contribution is 2.33. The van der Waals surface area contributed by atoms with E-state index < -0.39 is 28.2 Å². The maximum absolute atomic E-state index is 12.6. The SMILES string of the molecule is O=C(NN1C(=O)/C(=C/c2ccc(O)c([N+](=O)[O-])c2)SC1=S)c1ccc(Br)cc1. The largest absolute Gasteiger partial charge is 0.502 e. The van der Waals surface area contributed by atoms with Crippen molar-refractivity contribution in [1.29, 1.82) is 0 Å². The molecule has 2 aromatic carbocycles. The molecular formula is C17H10BrN3O5S2. The molecule has 8 nitrogen and oxygen atoms in total. The number of halogens is 1. The molecule has 1 aliphatic rings. The third kappa shape index (κ3) is 4.21. The van der Waals surface area contributed by atoms with Crippen LogP contribution in [0.4, 0.5) is 5.69 Å². The van der Waals surface area contributed by atoms with Crippen LogP contribution in [0.15, 0.2) is 51.8 Å². The summed E-state index contributed by atoms with van der Waals surface area (Å²) in [5.74, 6) is -1.54. The van der Waals surface area contributed by atoms with Crippen LogP contribution in [0.5, 0.6) is 5.75 Å². The predicted molar refractivity (Wildman–Crippen MR) is 111 cm³/mol. The first kappa shape index (κ1) is 20.0. The Kier molecular flexibility index (Phi) is 5.77. The summed E-state index contributed by atoms with van der Waals surface area (Å²) in [5.41, 5.74) is 2.65. The molecular weight excluding hydrogens is 470 g/mol. The summed E-state index contributed by atoms with van der Waals surface area (Å²) < 4.78 is 0.926. The van der Waals surface area contributed by atoms with E-state index in [1.165, 1.54) is 18.2 Å². The molecule has 0 saturated carbocycles. The molecule has 28 heavy (non-hydrogen) atoms. The Morgan fingerprint density at radius 1 is 1.29 bits per heavy atom. The summed E-state index contributed by atoms with van der Waals surface area (Å²) in [7, 11) is 0. The number of carbonyl (C=O) groups is 2. The molecule has 0 spiro atoms.